The lowest BCUT2D eigenvalue weighted by molar-refractivity contribution is -0.386. The highest BCUT2D eigenvalue weighted by molar-refractivity contribution is 5.65. The van der Waals surface area contributed by atoms with Crippen LogP contribution in [0.15, 0.2) is 36.5 Å². The van der Waals surface area contributed by atoms with Crippen molar-refractivity contribution in [3.63, 3.8) is 0 Å². The van der Waals surface area contributed by atoms with E-state index in [2.05, 4.69) is 15.5 Å². The first-order valence-corrected chi connectivity index (χ1v) is 7.14. The molecule has 24 heavy (non-hydrogen) atoms. The first-order chi connectivity index (χ1) is 11.6. The smallest absolute Gasteiger partial charge is 0.327 e. The molecule has 124 valence electrons. The number of nitro benzene ring substituents is 1. The molecule has 0 saturated carbocycles. The molecule has 0 unspecified atom stereocenters. The molecule has 0 aliphatic rings. The summed E-state index contributed by atoms with van der Waals surface area (Å²) in [5.41, 5.74) is 0.165. The van der Waals surface area contributed by atoms with Gasteiger partial charge in [-0.25, -0.2) is 0 Å². The minimum Gasteiger partial charge on any atom is -0.497 e. The fraction of sp³-hybridized carbons (Fsp3) is 0.200. The van der Waals surface area contributed by atoms with Crippen molar-refractivity contribution in [1.82, 2.24) is 14.6 Å². The topological polar surface area (TPSA) is 94.6 Å². The van der Waals surface area contributed by atoms with Crippen molar-refractivity contribution in [2.45, 2.75) is 6.42 Å². The number of nitro groups is 1. The Morgan fingerprint density at radius 3 is 2.96 bits per heavy atom. The normalized spacial score (nSPS) is 10.8. The summed E-state index contributed by atoms with van der Waals surface area (Å²) >= 11 is 0. The minimum absolute atomic E-state index is 0.0608. The number of aromatic nitrogens is 3. The predicted octanol–water partition coefficient (Wildman–Crippen LogP) is 2.44. The molecule has 0 radical (unpaired) electrons. The third kappa shape index (κ3) is 2.96. The molecule has 3 rings (SSSR count). The second-order valence-electron chi connectivity index (χ2n) is 4.98. The Kier molecular flexibility index (Phi) is 4.23. The fourth-order valence-electron chi connectivity index (χ4n) is 2.38. The lowest BCUT2D eigenvalue weighted by atomic mass is 10.2. The number of benzene rings is 1. The summed E-state index contributed by atoms with van der Waals surface area (Å²) in [5, 5.41) is 22.0. The molecule has 0 spiro atoms. The summed E-state index contributed by atoms with van der Waals surface area (Å²) in [7, 11) is 1.37. The SMILES string of the molecule is COc1cc(F)c([N+](=O)[O-])c(NCCc2nnc3ccccn23)c1. The van der Waals surface area contributed by atoms with E-state index in [1.54, 1.807) is 0 Å². The van der Waals surface area contributed by atoms with Crippen LogP contribution in [0.2, 0.25) is 0 Å². The van der Waals surface area contributed by atoms with E-state index in [0.29, 0.717) is 24.4 Å². The Hall–Kier alpha value is -3.23. The van der Waals surface area contributed by atoms with E-state index in [1.165, 1.54) is 13.2 Å². The predicted molar refractivity (Wildman–Crippen MR) is 84.8 cm³/mol. The van der Waals surface area contributed by atoms with Crippen molar-refractivity contribution >= 4 is 17.0 Å². The summed E-state index contributed by atoms with van der Waals surface area (Å²) in [5.74, 6) is -0.0487. The number of fused-ring (bicyclic) bond motifs is 1. The van der Waals surface area contributed by atoms with Gasteiger partial charge in [-0.3, -0.25) is 14.5 Å². The largest absolute Gasteiger partial charge is 0.497 e. The van der Waals surface area contributed by atoms with Gasteiger partial charge in [0.15, 0.2) is 5.65 Å². The van der Waals surface area contributed by atoms with Crippen molar-refractivity contribution in [1.29, 1.82) is 0 Å². The summed E-state index contributed by atoms with van der Waals surface area (Å²) in [6.45, 7) is 0.323. The highest BCUT2D eigenvalue weighted by Crippen LogP contribution is 2.32. The van der Waals surface area contributed by atoms with Crippen LogP contribution in [0.1, 0.15) is 5.82 Å². The van der Waals surface area contributed by atoms with Crippen molar-refractivity contribution < 1.29 is 14.1 Å². The molecule has 0 amide bonds. The maximum atomic E-state index is 13.9. The van der Waals surface area contributed by atoms with Gasteiger partial charge in [0.2, 0.25) is 5.82 Å². The van der Waals surface area contributed by atoms with Crippen LogP contribution in [0.5, 0.6) is 5.75 Å². The summed E-state index contributed by atoms with van der Waals surface area (Å²) in [4.78, 5) is 10.3. The lowest BCUT2D eigenvalue weighted by Gasteiger charge is -2.09. The molecule has 2 aromatic heterocycles. The Labute approximate surface area is 136 Å². The van der Waals surface area contributed by atoms with Crippen LogP contribution in [0.25, 0.3) is 5.65 Å². The van der Waals surface area contributed by atoms with Gasteiger partial charge < -0.3 is 10.1 Å². The highest BCUT2D eigenvalue weighted by Gasteiger charge is 2.22. The third-order valence-corrected chi connectivity index (χ3v) is 3.50. The van der Waals surface area contributed by atoms with Gasteiger partial charge in [0, 0.05) is 31.3 Å². The second kappa shape index (κ2) is 6.49. The molecule has 0 fully saturated rings. The fourth-order valence-corrected chi connectivity index (χ4v) is 2.38. The van der Waals surface area contributed by atoms with Crippen LogP contribution in [-0.4, -0.2) is 33.2 Å². The summed E-state index contributed by atoms with van der Waals surface area (Å²) in [6.07, 6.45) is 2.29. The molecule has 8 nitrogen and oxygen atoms in total. The van der Waals surface area contributed by atoms with E-state index < -0.39 is 16.4 Å². The number of nitrogens with zero attached hydrogens (tertiary/aromatic N) is 4. The van der Waals surface area contributed by atoms with E-state index in [4.69, 9.17) is 4.74 Å². The highest BCUT2D eigenvalue weighted by atomic mass is 19.1. The molecule has 9 heteroatoms. The van der Waals surface area contributed by atoms with E-state index in [0.717, 1.165) is 6.07 Å². The van der Waals surface area contributed by atoms with E-state index in [1.807, 2.05) is 28.8 Å². The van der Waals surface area contributed by atoms with Gasteiger partial charge in [0.25, 0.3) is 0 Å². The van der Waals surface area contributed by atoms with Gasteiger partial charge in [0.1, 0.15) is 17.3 Å². The van der Waals surface area contributed by atoms with Crippen LogP contribution in [-0.2, 0) is 6.42 Å². The molecule has 0 aliphatic heterocycles. The van der Waals surface area contributed by atoms with Crippen LogP contribution in [0.3, 0.4) is 0 Å². The lowest BCUT2D eigenvalue weighted by Crippen LogP contribution is -2.10. The van der Waals surface area contributed by atoms with E-state index in [9.17, 15) is 14.5 Å². The Bertz CT molecular complexity index is 896. The van der Waals surface area contributed by atoms with Crippen LogP contribution in [0.4, 0.5) is 15.8 Å². The first kappa shape index (κ1) is 15.7. The zero-order valence-electron chi connectivity index (χ0n) is 12.8. The zero-order chi connectivity index (χ0) is 17.1. The van der Waals surface area contributed by atoms with Crippen LogP contribution < -0.4 is 10.1 Å². The van der Waals surface area contributed by atoms with Crippen molar-refractivity contribution in [3.8, 4) is 5.75 Å². The summed E-state index contributed by atoms with van der Waals surface area (Å²) in [6, 6.07) is 7.91. The molecule has 3 aromatic rings. The van der Waals surface area contributed by atoms with Gasteiger partial charge in [0.05, 0.1) is 12.0 Å². The average molecular weight is 331 g/mol. The van der Waals surface area contributed by atoms with Gasteiger partial charge >= 0.3 is 5.69 Å². The molecule has 0 bridgehead atoms. The first-order valence-electron chi connectivity index (χ1n) is 7.14. The monoisotopic (exact) mass is 331 g/mol. The van der Waals surface area contributed by atoms with E-state index >= 15 is 0 Å². The van der Waals surface area contributed by atoms with Gasteiger partial charge in [-0.1, -0.05) is 6.07 Å². The molecule has 0 aliphatic carbocycles. The van der Waals surface area contributed by atoms with Crippen molar-refractivity contribution in [3.05, 3.63) is 58.3 Å². The number of anilines is 1. The van der Waals surface area contributed by atoms with Gasteiger partial charge in [-0.15, -0.1) is 10.2 Å². The Morgan fingerprint density at radius 1 is 1.38 bits per heavy atom. The molecular formula is C15H14FN5O3. The average Bonchev–Trinajstić information content (AvgIpc) is 2.97. The number of nitrogens with one attached hydrogen (secondary N) is 1. The van der Waals surface area contributed by atoms with Gasteiger partial charge in [-0.05, 0) is 12.1 Å². The number of rotatable bonds is 6. The number of hydrogen-bond acceptors (Lipinski definition) is 6. The van der Waals surface area contributed by atoms with Gasteiger partial charge in [-0.2, -0.15) is 4.39 Å². The summed E-state index contributed by atoms with van der Waals surface area (Å²) < 4.78 is 20.6. The molecule has 1 aromatic carbocycles. The maximum absolute atomic E-state index is 13.9. The molecule has 1 N–H and O–H groups in total. The third-order valence-electron chi connectivity index (χ3n) is 3.50. The maximum Gasteiger partial charge on any atom is 0.327 e. The standard InChI is InChI=1S/C15H14FN5O3/c1-24-10-8-11(16)15(21(22)23)12(9-10)17-6-5-14-19-18-13-4-2-3-7-20(13)14/h2-4,7-9,17H,5-6H2,1H3. The number of methoxy groups -OCH3 is 1. The molecular weight excluding hydrogens is 317 g/mol. The number of pyridine rings is 1. The van der Waals surface area contributed by atoms with Crippen molar-refractivity contribution in [2.24, 2.45) is 0 Å². The van der Waals surface area contributed by atoms with Crippen molar-refractivity contribution in [2.75, 3.05) is 19.0 Å². The number of halogens is 1. The van der Waals surface area contributed by atoms with E-state index in [-0.39, 0.29) is 11.4 Å². The number of hydrogen-bond donors (Lipinski definition) is 1. The molecule has 0 saturated heterocycles. The number of ether oxygens (including phenoxy) is 1. The molecule has 2 heterocycles. The minimum atomic E-state index is -0.949. The molecule has 0 atom stereocenters. The van der Waals surface area contributed by atoms with Crippen LogP contribution in [0, 0.1) is 15.9 Å². The quantitative estimate of drug-likeness (QED) is 0.551. The Morgan fingerprint density at radius 2 is 2.21 bits per heavy atom. The zero-order valence-corrected chi connectivity index (χ0v) is 12.8. The van der Waals surface area contributed by atoms with Crippen LogP contribution >= 0.6 is 0 Å². The second-order valence-corrected chi connectivity index (χ2v) is 4.98. The Balaban J connectivity index is 1.79.